The van der Waals surface area contributed by atoms with Gasteiger partial charge >= 0.3 is 5.97 Å². The summed E-state index contributed by atoms with van der Waals surface area (Å²) in [6, 6.07) is 13.9. The van der Waals surface area contributed by atoms with E-state index in [0.717, 1.165) is 10.6 Å². The first-order valence-electron chi connectivity index (χ1n) is 8.52. The fraction of sp³-hybridized carbons (Fsp3) is 0.250. The number of amides is 2. The summed E-state index contributed by atoms with van der Waals surface area (Å²) >= 11 is 1.55. The highest BCUT2D eigenvalue weighted by atomic mass is 32.2. The number of nitrogens with one attached hydrogen (secondary N) is 2. The van der Waals surface area contributed by atoms with Crippen LogP contribution in [0.2, 0.25) is 0 Å². The predicted octanol–water partition coefficient (Wildman–Crippen LogP) is 2.70. The van der Waals surface area contributed by atoms with Gasteiger partial charge in [-0.05, 0) is 49.7 Å². The number of carbonyl (C=O) groups excluding carboxylic acids is 3. The number of anilines is 2. The lowest BCUT2D eigenvalue weighted by atomic mass is 10.2. The molecule has 0 aliphatic carbocycles. The number of carbonyl (C=O) groups is 3. The summed E-state index contributed by atoms with van der Waals surface area (Å²) in [7, 11) is 3.00. The Hall–Kier alpha value is -2.84. The highest BCUT2D eigenvalue weighted by molar-refractivity contribution is 7.98. The molecule has 148 valence electrons. The van der Waals surface area contributed by atoms with Crippen LogP contribution in [-0.2, 0) is 14.3 Å². The van der Waals surface area contributed by atoms with Gasteiger partial charge in [0.15, 0.2) is 0 Å². The minimum Gasteiger partial charge on any atom is -0.465 e. The minimum atomic E-state index is -0.438. The van der Waals surface area contributed by atoms with Crippen molar-refractivity contribution in [2.45, 2.75) is 4.90 Å². The lowest BCUT2D eigenvalue weighted by Gasteiger charge is -2.17. The fourth-order valence-corrected chi connectivity index (χ4v) is 3.05. The fourth-order valence-electron chi connectivity index (χ4n) is 2.49. The molecule has 0 aliphatic heterocycles. The first-order valence-corrected chi connectivity index (χ1v) is 9.75. The first kappa shape index (κ1) is 21.5. The van der Waals surface area contributed by atoms with Crippen molar-refractivity contribution in [2.75, 3.05) is 44.1 Å². The van der Waals surface area contributed by atoms with Gasteiger partial charge in [0.05, 0.1) is 31.5 Å². The monoisotopic (exact) mass is 401 g/mol. The van der Waals surface area contributed by atoms with Crippen molar-refractivity contribution in [3.8, 4) is 0 Å². The molecule has 7 nitrogen and oxygen atoms in total. The summed E-state index contributed by atoms with van der Waals surface area (Å²) in [5.41, 5.74) is 1.72. The molecule has 0 aromatic heterocycles. The van der Waals surface area contributed by atoms with Crippen molar-refractivity contribution in [1.29, 1.82) is 0 Å². The molecule has 8 heteroatoms. The third-order valence-electron chi connectivity index (χ3n) is 3.80. The molecule has 0 unspecified atom stereocenters. The zero-order valence-electron chi connectivity index (χ0n) is 16.0. The zero-order valence-corrected chi connectivity index (χ0v) is 16.8. The number of ether oxygens (including phenoxy) is 1. The summed E-state index contributed by atoms with van der Waals surface area (Å²) < 4.78 is 4.63. The number of nitrogens with zero attached hydrogens (tertiary/aromatic N) is 1. The van der Waals surface area contributed by atoms with E-state index < -0.39 is 5.97 Å². The highest BCUT2D eigenvalue weighted by Crippen LogP contribution is 2.24. The van der Waals surface area contributed by atoms with E-state index >= 15 is 0 Å². The summed E-state index contributed by atoms with van der Waals surface area (Å²) in [6.07, 6.45) is 1.94. The number of thioether (sulfide) groups is 1. The van der Waals surface area contributed by atoms with Crippen LogP contribution in [0.1, 0.15) is 10.4 Å². The van der Waals surface area contributed by atoms with Crippen LogP contribution < -0.4 is 10.6 Å². The average Bonchev–Trinajstić information content (AvgIpc) is 2.68. The smallest absolute Gasteiger partial charge is 0.337 e. The van der Waals surface area contributed by atoms with Crippen LogP contribution >= 0.6 is 11.8 Å². The van der Waals surface area contributed by atoms with E-state index in [4.69, 9.17) is 0 Å². The molecule has 0 saturated heterocycles. The number of para-hydroxylation sites is 1. The van der Waals surface area contributed by atoms with E-state index in [0.29, 0.717) is 11.3 Å². The topological polar surface area (TPSA) is 87.7 Å². The molecule has 0 aliphatic rings. The standard InChI is InChI=1S/C20H23N3O4S/c1-23(13-19(25)22-16-6-4-5-7-17(16)28-3)12-18(24)21-15-10-8-14(9-11-15)20(26)27-2/h4-11H,12-13H2,1-3H3,(H,21,24)(H,22,25). The van der Waals surface area contributed by atoms with E-state index in [1.807, 2.05) is 30.5 Å². The molecule has 0 atom stereocenters. The largest absolute Gasteiger partial charge is 0.465 e. The molecule has 0 heterocycles. The van der Waals surface area contributed by atoms with Gasteiger partial charge in [-0.1, -0.05) is 12.1 Å². The van der Waals surface area contributed by atoms with Gasteiger partial charge in [-0.2, -0.15) is 0 Å². The van der Waals surface area contributed by atoms with Crippen LogP contribution in [0.5, 0.6) is 0 Å². The molecule has 2 aromatic rings. The van der Waals surface area contributed by atoms with Gasteiger partial charge in [0.2, 0.25) is 11.8 Å². The molecule has 0 saturated carbocycles. The molecule has 2 amide bonds. The molecule has 2 aromatic carbocycles. The van der Waals surface area contributed by atoms with Crippen molar-refractivity contribution in [3.63, 3.8) is 0 Å². The van der Waals surface area contributed by atoms with Crippen molar-refractivity contribution in [1.82, 2.24) is 4.90 Å². The molecule has 0 fully saturated rings. The molecule has 2 N–H and O–H groups in total. The quantitative estimate of drug-likeness (QED) is 0.522. The summed E-state index contributed by atoms with van der Waals surface area (Å²) in [6.45, 7) is 0.133. The van der Waals surface area contributed by atoms with Gasteiger partial charge < -0.3 is 15.4 Å². The number of esters is 1. The van der Waals surface area contributed by atoms with Crippen molar-refractivity contribution >= 4 is 40.9 Å². The summed E-state index contributed by atoms with van der Waals surface area (Å²) in [4.78, 5) is 38.4. The molecule has 28 heavy (non-hydrogen) atoms. The SMILES string of the molecule is COC(=O)c1ccc(NC(=O)CN(C)CC(=O)Nc2ccccc2SC)cc1. The van der Waals surface area contributed by atoms with E-state index in [2.05, 4.69) is 15.4 Å². The Bertz CT molecular complexity index is 840. The minimum absolute atomic E-state index is 0.0519. The third-order valence-corrected chi connectivity index (χ3v) is 4.59. The van der Waals surface area contributed by atoms with Crippen LogP contribution in [0.3, 0.4) is 0 Å². The highest BCUT2D eigenvalue weighted by Gasteiger charge is 2.13. The second-order valence-corrected chi connectivity index (χ2v) is 6.89. The summed E-state index contributed by atoms with van der Waals surface area (Å²) in [5.74, 6) is -0.892. The van der Waals surface area contributed by atoms with Crippen molar-refractivity contribution in [2.24, 2.45) is 0 Å². The van der Waals surface area contributed by atoms with E-state index in [1.54, 1.807) is 48.0 Å². The first-order chi connectivity index (χ1) is 13.4. The predicted molar refractivity (Wildman–Crippen MR) is 111 cm³/mol. The number of benzene rings is 2. The maximum absolute atomic E-state index is 12.2. The van der Waals surface area contributed by atoms with E-state index in [1.165, 1.54) is 7.11 Å². The molecular formula is C20H23N3O4S. The lowest BCUT2D eigenvalue weighted by molar-refractivity contribution is -0.119. The van der Waals surface area contributed by atoms with E-state index in [9.17, 15) is 14.4 Å². The Morgan fingerprint density at radius 3 is 2.18 bits per heavy atom. The molecule has 2 rings (SSSR count). The number of hydrogen-bond acceptors (Lipinski definition) is 6. The van der Waals surface area contributed by atoms with Gasteiger partial charge in [0, 0.05) is 10.6 Å². The molecule has 0 spiro atoms. The molecule has 0 radical (unpaired) electrons. The van der Waals surface area contributed by atoms with Crippen LogP contribution in [0, 0.1) is 0 Å². The van der Waals surface area contributed by atoms with Crippen molar-refractivity contribution < 1.29 is 19.1 Å². The maximum Gasteiger partial charge on any atom is 0.337 e. The van der Waals surface area contributed by atoms with Crippen molar-refractivity contribution in [3.05, 3.63) is 54.1 Å². The number of hydrogen-bond donors (Lipinski definition) is 2. The number of likely N-dealkylation sites (N-methyl/N-ethyl adjacent to an activating group) is 1. The third kappa shape index (κ3) is 6.40. The Kier molecular flexibility index (Phi) is 8.03. The Labute approximate surface area is 168 Å². The Morgan fingerprint density at radius 1 is 0.964 bits per heavy atom. The average molecular weight is 401 g/mol. The van der Waals surface area contributed by atoms with Crippen LogP contribution in [0.15, 0.2) is 53.4 Å². The van der Waals surface area contributed by atoms with Gasteiger partial charge in [-0.3, -0.25) is 14.5 Å². The van der Waals surface area contributed by atoms with Crippen LogP contribution in [0.25, 0.3) is 0 Å². The lowest BCUT2D eigenvalue weighted by Crippen LogP contribution is -2.36. The van der Waals surface area contributed by atoms with Gasteiger partial charge in [-0.25, -0.2) is 4.79 Å². The van der Waals surface area contributed by atoms with Crippen LogP contribution in [0.4, 0.5) is 11.4 Å². The summed E-state index contributed by atoms with van der Waals surface area (Å²) in [5, 5.41) is 5.59. The van der Waals surface area contributed by atoms with Crippen LogP contribution in [-0.4, -0.2) is 56.2 Å². The molecular weight excluding hydrogens is 378 g/mol. The second kappa shape index (κ2) is 10.5. The number of methoxy groups -OCH3 is 1. The van der Waals surface area contributed by atoms with Gasteiger partial charge in [-0.15, -0.1) is 11.8 Å². The number of rotatable bonds is 8. The second-order valence-electron chi connectivity index (χ2n) is 6.04. The Balaban J connectivity index is 1.83. The molecule has 0 bridgehead atoms. The zero-order chi connectivity index (χ0) is 20.5. The Morgan fingerprint density at radius 2 is 1.57 bits per heavy atom. The van der Waals surface area contributed by atoms with E-state index in [-0.39, 0.29) is 24.9 Å². The maximum atomic E-state index is 12.2. The normalized spacial score (nSPS) is 10.4. The van der Waals surface area contributed by atoms with Gasteiger partial charge in [0.1, 0.15) is 0 Å². The van der Waals surface area contributed by atoms with Gasteiger partial charge in [0.25, 0.3) is 0 Å².